The van der Waals surface area contributed by atoms with E-state index in [-0.39, 0.29) is 0 Å². The molecule has 1 N–H and O–H groups in total. The highest BCUT2D eigenvalue weighted by molar-refractivity contribution is 5.06. The van der Waals surface area contributed by atoms with E-state index in [1.165, 1.54) is 25.9 Å². The lowest BCUT2D eigenvalue weighted by Crippen LogP contribution is -2.60. The SMILES string of the molecule is Cc1ccn(C2CC3(CNC3)C2)n1. The van der Waals surface area contributed by atoms with Gasteiger partial charge in [0.15, 0.2) is 0 Å². The quantitative estimate of drug-likeness (QED) is 0.696. The Labute approximate surface area is 78.1 Å². The Bertz CT molecular complexity index is 317. The summed E-state index contributed by atoms with van der Waals surface area (Å²) in [5, 5.41) is 7.80. The van der Waals surface area contributed by atoms with Gasteiger partial charge in [0.2, 0.25) is 0 Å². The summed E-state index contributed by atoms with van der Waals surface area (Å²) in [6, 6.07) is 2.76. The van der Waals surface area contributed by atoms with Crippen molar-refractivity contribution in [3.8, 4) is 0 Å². The van der Waals surface area contributed by atoms with Gasteiger partial charge in [0, 0.05) is 19.3 Å². The molecule has 2 aliphatic rings. The molecule has 1 saturated heterocycles. The van der Waals surface area contributed by atoms with Gasteiger partial charge in [-0.2, -0.15) is 5.10 Å². The fourth-order valence-corrected chi connectivity index (χ4v) is 2.53. The molecule has 0 amide bonds. The molecule has 3 nitrogen and oxygen atoms in total. The summed E-state index contributed by atoms with van der Waals surface area (Å²) in [7, 11) is 0. The largest absolute Gasteiger partial charge is 0.316 e. The van der Waals surface area contributed by atoms with Crippen LogP contribution in [0.1, 0.15) is 24.6 Å². The first-order chi connectivity index (χ1) is 6.27. The van der Waals surface area contributed by atoms with Gasteiger partial charge >= 0.3 is 0 Å². The summed E-state index contributed by atoms with van der Waals surface area (Å²) in [5.74, 6) is 0. The molecule has 0 unspecified atom stereocenters. The van der Waals surface area contributed by atoms with Crippen LogP contribution in [-0.2, 0) is 0 Å². The molecule has 3 heteroatoms. The summed E-state index contributed by atoms with van der Waals surface area (Å²) < 4.78 is 2.14. The molecule has 1 aromatic rings. The minimum atomic E-state index is 0.657. The average Bonchev–Trinajstić information content (AvgIpc) is 2.29. The second-order valence-corrected chi connectivity index (χ2v) is 4.60. The van der Waals surface area contributed by atoms with Crippen LogP contribution >= 0.6 is 0 Å². The van der Waals surface area contributed by atoms with Crippen LogP contribution in [0, 0.1) is 12.3 Å². The van der Waals surface area contributed by atoms with Crippen LogP contribution in [0.15, 0.2) is 12.3 Å². The van der Waals surface area contributed by atoms with E-state index in [9.17, 15) is 0 Å². The molecule has 0 aromatic carbocycles. The topological polar surface area (TPSA) is 29.9 Å². The second-order valence-electron chi connectivity index (χ2n) is 4.60. The predicted molar refractivity (Wildman–Crippen MR) is 50.5 cm³/mol. The molecule has 1 aliphatic heterocycles. The fraction of sp³-hybridized carbons (Fsp3) is 0.700. The van der Waals surface area contributed by atoms with E-state index in [2.05, 4.69) is 34.3 Å². The Morgan fingerprint density at radius 3 is 2.77 bits per heavy atom. The molecular formula is C10H15N3. The van der Waals surface area contributed by atoms with Gasteiger partial charge in [0.25, 0.3) is 0 Å². The monoisotopic (exact) mass is 177 g/mol. The number of nitrogens with zero attached hydrogens (tertiary/aromatic N) is 2. The zero-order valence-corrected chi connectivity index (χ0v) is 7.95. The number of nitrogens with one attached hydrogen (secondary N) is 1. The average molecular weight is 177 g/mol. The lowest BCUT2D eigenvalue weighted by atomic mass is 9.62. The van der Waals surface area contributed by atoms with Crippen molar-refractivity contribution in [2.45, 2.75) is 25.8 Å². The summed E-state index contributed by atoms with van der Waals surface area (Å²) >= 11 is 0. The molecule has 1 spiro atoms. The highest BCUT2D eigenvalue weighted by atomic mass is 15.3. The second kappa shape index (κ2) is 2.35. The minimum absolute atomic E-state index is 0.657. The van der Waals surface area contributed by atoms with Crippen LogP contribution in [0.4, 0.5) is 0 Å². The third-order valence-electron chi connectivity index (χ3n) is 3.45. The number of hydrogen-bond donors (Lipinski definition) is 1. The molecule has 1 aliphatic carbocycles. The number of hydrogen-bond acceptors (Lipinski definition) is 2. The first-order valence-corrected chi connectivity index (χ1v) is 5.00. The zero-order valence-electron chi connectivity index (χ0n) is 7.95. The van der Waals surface area contributed by atoms with Gasteiger partial charge < -0.3 is 5.32 Å². The van der Waals surface area contributed by atoms with Gasteiger partial charge in [-0.15, -0.1) is 0 Å². The molecule has 2 fully saturated rings. The van der Waals surface area contributed by atoms with Crippen molar-refractivity contribution < 1.29 is 0 Å². The summed E-state index contributed by atoms with van der Waals surface area (Å²) in [6.45, 7) is 4.50. The van der Waals surface area contributed by atoms with Crippen molar-refractivity contribution in [2.75, 3.05) is 13.1 Å². The number of aromatic nitrogens is 2. The normalized spacial score (nSPS) is 25.6. The highest BCUT2D eigenvalue weighted by Crippen LogP contribution is 2.50. The molecule has 1 aromatic heterocycles. The molecule has 70 valence electrons. The van der Waals surface area contributed by atoms with E-state index in [1.807, 2.05) is 0 Å². The Kier molecular flexibility index (Phi) is 1.37. The van der Waals surface area contributed by atoms with E-state index in [0.717, 1.165) is 5.69 Å². The summed E-state index contributed by atoms with van der Waals surface area (Å²) in [6.07, 6.45) is 4.75. The molecule has 1 saturated carbocycles. The van der Waals surface area contributed by atoms with Gasteiger partial charge in [-0.3, -0.25) is 4.68 Å². The van der Waals surface area contributed by atoms with Crippen LogP contribution in [0.3, 0.4) is 0 Å². The van der Waals surface area contributed by atoms with Gasteiger partial charge in [-0.1, -0.05) is 0 Å². The maximum absolute atomic E-state index is 4.45. The molecular weight excluding hydrogens is 162 g/mol. The Morgan fingerprint density at radius 2 is 2.31 bits per heavy atom. The molecule has 0 bridgehead atoms. The van der Waals surface area contributed by atoms with Crippen molar-refractivity contribution >= 4 is 0 Å². The van der Waals surface area contributed by atoms with Crippen molar-refractivity contribution in [3.05, 3.63) is 18.0 Å². The molecule has 0 atom stereocenters. The zero-order chi connectivity index (χ0) is 8.89. The summed E-state index contributed by atoms with van der Waals surface area (Å²) in [4.78, 5) is 0. The van der Waals surface area contributed by atoms with Gasteiger partial charge in [-0.05, 0) is 31.2 Å². The lowest BCUT2D eigenvalue weighted by Gasteiger charge is -2.54. The van der Waals surface area contributed by atoms with Gasteiger partial charge in [-0.25, -0.2) is 0 Å². The smallest absolute Gasteiger partial charge is 0.0593 e. The minimum Gasteiger partial charge on any atom is -0.316 e. The van der Waals surface area contributed by atoms with E-state index < -0.39 is 0 Å². The van der Waals surface area contributed by atoms with Crippen LogP contribution in [-0.4, -0.2) is 22.9 Å². The Morgan fingerprint density at radius 1 is 1.54 bits per heavy atom. The third-order valence-corrected chi connectivity index (χ3v) is 3.45. The molecule has 2 heterocycles. The first kappa shape index (κ1) is 7.56. The first-order valence-electron chi connectivity index (χ1n) is 5.00. The van der Waals surface area contributed by atoms with Crippen molar-refractivity contribution in [1.29, 1.82) is 0 Å². The van der Waals surface area contributed by atoms with Crippen molar-refractivity contribution in [2.24, 2.45) is 5.41 Å². The van der Waals surface area contributed by atoms with Gasteiger partial charge in [0.1, 0.15) is 0 Å². The molecule has 0 radical (unpaired) electrons. The maximum atomic E-state index is 4.45. The van der Waals surface area contributed by atoms with Crippen LogP contribution in [0.5, 0.6) is 0 Å². The molecule has 3 rings (SSSR count). The van der Waals surface area contributed by atoms with E-state index in [1.54, 1.807) is 0 Å². The van der Waals surface area contributed by atoms with Gasteiger partial charge in [0.05, 0.1) is 11.7 Å². The van der Waals surface area contributed by atoms with E-state index in [4.69, 9.17) is 0 Å². The Balaban J connectivity index is 1.70. The van der Waals surface area contributed by atoms with Crippen LogP contribution < -0.4 is 5.32 Å². The van der Waals surface area contributed by atoms with Crippen LogP contribution in [0.25, 0.3) is 0 Å². The molecule has 13 heavy (non-hydrogen) atoms. The standard InChI is InChI=1S/C10H15N3/c1-8-2-3-13(12-8)9-4-10(5-9)6-11-7-10/h2-3,9,11H,4-7H2,1H3. The lowest BCUT2D eigenvalue weighted by molar-refractivity contribution is 0.00225. The van der Waals surface area contributed by atoms with Crippen molar-refractivity contribution in [1.82, 2.24) is 15.1 Å². The Hall–Kier alpha value is -0.830. The van der Waals surface area contributed by atoms with E-state index >= 15 is 0 Å². The number of aryl methyl sites for hydroxylation is 1. The van der Waals surface area contributed by atoms with Crippen molar-refractivity contribution in [3.63, 3.8) is 0 Å². The third kappa shape index (κ3) is 1.03. The predicted octanol–water partition coefficient (Wildman–Crippen LogP) is 1.12. The fourth-order valence-electron chi connectivity index (χ4n) is 2.53. The number of rotatable bonds is 1. The highest BCUT2D eigenvalue weighted by Gasteiger charge is 2.49. The van der Waals surface area contributed by atoms with Crippen LogP contribution in [0.2, 0.25) is 0 Å². The van der Waals surface area contributed by atoms with E-state index in [0.29, 0.717) is 11.5 Å². The summed E-state index contributed by atoms with van der Waals surface area (Å²) in [5.41, 5.74) is 1.79. The maximum Gasteiger partial charge on any atom is 0.0593 e.